The first kappa shape index (κ1) is 9.54. The summed E-state index contributed by atoms with van der Waals surface area (Å²) in [7, 11) is -1.09. The summed E-state index contributed by atoms with van der Waals surface area (Å²) in [4.78, 5) is 0. The van der Waals surface area contributed by atoms with Crippen molar-refractivity contribution >= 4 is 7.12 Å². The zero-order chi connectivity index (χ0) is 9.31. The average Bonchev–Trinajstić information content (AvgIpc) is 2.84. The predicted molar refractivity (Wildman–Crippen MR) is 53.2 cm³/mol. The fourth-order valence-corrected chi connectivity index (χ4v) is 3.00. The van der Waals surface area contributed by atoms with Crippen LogP contribution in [0.15, 0.2) is 0 Å². The molecule has 0 amide bonds. The summed E-state index contributed by atoms with van der Waals surface area (Å²) in [6.07, 6.45) is 9.89. The molecule has 2 nitrogen and oxygen atoms in total. The standard InChI is InChI=1S/C10H19BO2/c12-11(13)8-4-9-3-1-2-5-10(9)6-7-10/h9,12-13H,1-8H2. The Kier molecular flexibility index (Phi) is 2.66. The van der Waals surface area contributed by atoms with Crippen LogP contribution in [0.2, 0.25) is 6.32 Å². The van der Waals surface area contributed by atoms with Gasteiger partial charge >= 0.3 is 7.12 Å². The summed E-state index contributed by atoms with van der Waals surface area (Å²) >= 11 is 0. The molecule has 0 heterocycles. The van der Waals surface area contributed by atoms with Crippen LogP contribution in [-0.2, 0) is 0 Å². The van der Waals surface area contributed by atoms with E-state index in [-0.39, 0.29) is 0 Å². The maximum absolute atomic E-state index is 8.83. The fourth-order valence-electron chi connectivity index (χ4n) is 3.00. The Morgan fingerprint density at radius 2 is 1.92 bits per heavy atom. The second kappa shape index (κ2) is 3.62. The minimum absolute atomic E-state index is 0.576. The third-order valence-corrected chi connectivity index (χ3v) is 4.01. The van der Waals surface area contributed by atoms with Crippen LogP contribution in [0.4, 0.5) is 0 Å². The van der Waals surface area contributed by atoms with Crippen LogP contribution < -0.4 is 0 Å². The number of hydrogen-bond donors (Lipinski definition) is 2. The summed E-state index contributed by atoms with van der Waals surface area (Å²) in [5.74, 6) is 0.794. The molecule has 2 rings (SSSR count). The minimum atomic E-state index is -1.09. The number of hydrogen-bond acceptors (Lipinski definition) is 2. The van der Waals surface area contributed by atoms with E-state index in [1.54, 1.807) is 0 Å². The molecule has 13 heavy (non-hydrogen) atoms. The maximum Gasteiger partial charge on any atom is 0.451 e. The molecule has 1 atom stereocenters. The van der Waals surface area contributed by atoms with Gasteiger partial charge in [0.1, 0.15) is 0 Å². The Morgan fingerprint density at radius 1 is 1.15 bits per heavy atom. The van der Waals surface area contributed by atoms with Crippen LogP contribution in [0, 0.1) is 11.3 Å². The molecule has 2 N–H and O–H groups in total. The Hall–Kier alpha value is -0.0151. The molecule has 0 aromatic carbocycles. The van der Waals surface area contributed by atoms with Gasteiger partial charge in [0.05, 0.1) is 0 Å². The molecule has 74 valence electrons. The molecule has 0 aromatic rings. The Morgan fingerprint density at radius 3 is 2.54 bits per heavy atom. The first-order valence-corrected chi connectivity index (χ1v) is 5.59. The Labute approximate surface area is 80.5 Å². The summed E-state index contributed by atoms with van der Waals surface area (Å²) in [6.45, 7) is 0. The van der Waals surface area contributed by atoms with Crippen LogP contribution in [0.25, 0.3) is 0 Å². The summed E-state index contributed by atoms with van der Waals surface area (Å²) in [6, 6.07) is 0. The van der Waals surface area contributed by atoms with E-state index in [1.165, 1.54) is 38.5 Å². The van der Waals surface area contributed by atoms with E-state index in [0.29, 0.717) is 11.7 Å². The molecule has 2 saturated carbocycles. The molecule has 3 heteroatoms. The van der Waals surface area contributed by atoms with Gasteiger partial charge in [-0.3, -0.25) is 0 Å². The second-order valence-corrected chi connectivity index (χ2v) is 4.86. The van der Waals surface area contributed by atoms with Crippen LogP contribution >= 0.6 is 0 Å². The van der Waals surface area contributed by atoms with Gasteiger partial charge in [-0.15, -0.1) is 0 Å². The molecule has 2 aliphatic rings. The van der Waals surface area contributed by atoms with Crippen molar-refractivity contribution in [1.29, 1.82) is 0 Å². The van der Waals surface area contributed by atoms with Crippen molar-refractivity contribution in [2.24, 2.45) is 11.3 Å². The normalized spacial score (nSPS) is 30.5. The highest BCUT2D eigenvalue weighted by Gasteiger charge is 2.49. The quantitative estimate of drug-likeness (QED) is 0.653. The fraction of sp³-hybridized carbons (Fsp3) is 1.00. The molecule has 0 bridgehead atoms. The van der Waals surface area contributed by atoms with Gasteiger partial charge in [0.2, 0.25) is 0 Å². The molecular weight excluding hydrogens is 163 g/mol. The highest BCUT2D eigenvalue weighted by atomic mass is 16.4. The van der Waals surface area contributed by atoms with Crippen molar-refractivity contribution in [1.82, 2.24) is 0 Å². The minimum Gasteiger partial charge on any atom is -0.427 e. The lowest BCUT2D eigenvalue weighted by molar-refractivity contribution is 0.203. The smallest absolute Gasteiger partial charge is 0.427 e. The van der Waals surface area contributed by atoms with Crippen LogP contribution in [0.1, 0.15) is 44.9 Å². The van der Waals surface area contributed by atoms with Gasteiger partial charge in [-0.1, -0.05) is 19.3 Å². The van der Waals surface area contributed by atoms with Gasteiger partial charge in [0.25, 0.3) is 0 Å². The third-order valence-electron chi connectivity index (χ3n) is 4.01. The Bertz CT molecular complexity index is 178. The van der Waals surface area contributed by atoms with Gasteiger partial charge in [-0.2, -0.15) is 0 Å². The van der Waals surface area contributed by atoms with Crippen molar-refractivity contribution in [2.75, 3.05) is 0 Å². The molecule has 0 aromatic heterocycles. The highest BCUT2D eigenvalue weighted by Crippen LogP contribution is 2.60. The van der Waals surface area contributed by atoms with E-state index in [0.717, 1.165) is 12.3 Å². The van der Waals surface area contributed by atoms with Gasteiger partial charge in [-0.05, 0) is 43.3 Å². The van der Waals surface area contributed by atoms with E-state index in [2.05, 4.69) is 0 Å². The molecule has 2 fully saturated rings. The lowest BCUT2D eigenvalue weighted by Crippen LogP contribution is -2.23. The number of rotatable bonds is 3. The summed E-state index contributed by atoms with van der Waals surface area (Å²) in [5.41, 5.74) is 0.660. The monoisotopic (exact) mass is 182 g/mol. The molecular formula is C10H19BO2. The average molecular weight is 182 g/mol. The molecule has 1 spiro atoms. The van der Waals surface area contributed by atoms with E-state index < -0.39 is 7.12 Å². The maximum atomic E-state index is 8.83. The van der Waals surface area contributed by atoms with Gasteiger partial charge in [-0.25, -0.2) is 0 Å². The van der Waals surface area contributed by atoms with Crippen LogP contribution in [0.5, 0.6) is 0 Å². The Balaban J connectivity index is 1.82. The van der Waals surface area contributed by atoms with Crippen molar-refractivity contribution in [3.63, 3.8) is 0 Å². The topological polar surface area (TPSA) is 40.5 Å². The molecule has 1 unspecified atom stereocenters. The van der Waals surface area contributed by atoms with Crippen molar-refractivity contribution in [3.8, 4) is 0 Å². The zero-order valence-corrected chi connectivity index (χ0v) is 8.21. The first-order valence-electron chi connectivity index (χ1n) is 5.59. The van der Waals surface area contributed by atoms with Crippen LogP contribution in [-0.4, -0.2) is 17.2 Å². The highest BCUT2D eigenvalue weighted by molar-refractivity contribution is 6.40. The van der Waals surface area contributed by atoms with Crippen molar-refractivity contribution in [3.05, 3.63) is 0 Å². The zero-order valence-electron chi connectivity index (χ0n) is 8.21. The van der Waals surface area contributed by atoms with E-state index in [1.807, 2.05) is 0 Å². The third kappa shape index (κ3) is 2.08. The first-order chi connectivity index (χ1) is 6.23. The molecule has 0 radical (unpaired) electrons. The van der Waals surface area contributed by atoms with Crippen LogP contribution in [0.3, 0.4) is 0 Å². The SMILES string of the molecule is OB(O)CCC1CCCCC12CC2. The molecule has 2 aliphatic carbocycles. The van der Waals surface area contributed by atoms with E-state index in [4.69, 9.17) is 10.0 Å². The lowest BCUT2D eigenvalue weighted by Gasteiger charge is -2.31. The largest absolute Gasteiger partial charge is 0.451 e. The second-order valence-electron chi connectivity index (χ2n) is 4.86. The van der Waals surface area contributed by atoms with Gasteiger partial charge < -0.3 is 10.0 Å². The summed E-state index contributed by atoms with van der Waals surface area (Å²) in [5, 5.41) is 17.7. The predicted octanol–water partition coefficient (Wildman–Crippen LogP) is 1.82. The molecule has 0 saturated heterocycles. The van der Waals surface area contributed by atoms with Crippen molar-refractivity contribution in [2.45, 2.75) is 51.3 Å². The van der Waals surface area contributed by atoms with E-state index >= 15 is 0 Å². The molecule has 0 aliphatic heterocycles. The van der Waals surface area contributed by atoms with Gasteiger partial charge in [0.15, 0.2) is 0 Å². The van der Waals surface area contributed by atoms with E-state index in [9.17, 15) is 0 Å². The lowest BCUT2D eigenvalue weighted by atomic mass is 9.70. The van der Waals surface area contributed by atoms with Crippen molar-refractivity contribution < 1.29 is 10.0 Å². The summed E-state index contributed by atoms with van der Waals surface area (Å²) < 4.78 is 0. The van der Waals surface area contributed by atoms with Gasteiger partial charge in [0, 0.05) is 0 Å².